The van der Waals surface area contributed by atoms with Gasteiger partial charge in [-0.2, -0.15) is 0 Å². The average molecular weight is 310 g/mol. The number of amides is 1. The van der Waals surface area contributed by atoms with Gasteiger partial charge in [-0.1, -0.05) is 48.9 Å². The first kappa shape index (κ1) is 14.9. The third-order valence-corrected chi connectivity index (χ3v) is 3.67. The Kier molecular flexibility index (Phi) is 5.09. The van der Waals surface area contributed by atoms with Gasteiger partial charge in [0.1, 0.15) is 5.01 Å². The molecule has 0 spiro atoms. The van der Waals surface area contributed by atoms with Crippen LogP contribution in [0.3, 0.4) is 0 Å². The Labute approximate surface area is 127 Å². The van der Waals surface area contributed by atoms with Crippen molar-refractivity contribution in [1.29, 1.82) is 0 Å². The maximum absolute atomic E-state index is 11.6. The number of nitrogens with one attached hydrogen (secondary N) is 1. The van der Waals surface area contributed by atoms with E-state index in [-0.39, 0.29) is 5.91 Å². The van der Waals surface area contributed by atoms with Gasteiger partial charge in [0.05, 0.1) is 0 Å². The molecule has 0 atom stereocenters. The lowest BCUT2D eigenvalue weighted by molar-refractivity contribution is -0.116. The first-order valence-electron chi connectivity index (χ1n) is 6.39. The summed E-state index contributed by atoms with van der Waals surface area (Å²) in [7, 11) is 0. The van der Waals surface area contributed by atoms with Crippen molar-refractivity contribution in [3.63, 3.8) is 0 Å². The number of rotatable bonds is 5. The fourth-order valence-electron chi connectivity index (χ4n) is 1.69. The van der Waals surface area contributed by atoms with Gasteiger partial charge in [0.25, 0.3) is 0 Å². The molecule has 0 saturated carbocycles. The number of anilines is 1. The number of benzene rings is 1. The summed E-state index contributed by atoms with van der Waals surface area (Å²) < 4.78 is 0. The largest absolute Gasteiger partial charge is 0.301 e. The monoisotopic (exact) mass is 309 g/mol. The molecule has 0 unspecified atom stereocenters. The third kappa shape index (κ3) is 4.58. The van der Waals surface area contributed by atoms with Crippen molar-refractivity contribution < 1.29 is 4.79 Å². The lowest BCUT2D eigenvalue weighted by Gasteiger charge is -2.02. The summed E-state index contributed by atoms with van der Waals surface area (Å²) in [4.78, 5) is 11.6. The summed E-state index contributed by atoms with van der Waals surface area (Å²) in [5.41, 5.74) is 1.12. The van der Waals surface area contributed by atoms with Crippen LogP contribution < -0.4 is 5.32 Å². The van der Waals surface area contributed by atoms with Gasteiger partial charge in [-0.25, -0.2) is 0 Å². The van der Waals surface area contributed by atoms with Crippen LogP contribution in [-0.2, 0) is 11.2 Å². The van der Waals surface area contributed by atoms with Gasteiger partial charge in [0.15, 0.2) is 0 Å². The van der Waals surface area contributed by atoms with Gasteiger partial charge < -0.3 is 5.32 Å². The van der Waals surface area contributed by atoms with Crippen LogP contribution in [0, 0.1) is 5.92 Å². The van der Waals surface area contributed by atoms with Crippen LogP contribution in [0.5, 0.6) is 0 Å². The summed E-state index contributed by atoms with van der Waals surface area (Å²) in [6.07, 6.45) is 1.18. The fraction of sp³-hybridized carbons (Fsp3) is 0.357. The minimum absolute atomic E-state index is 0.0193. The highest BCUT2D eigenvalue weighted by molar-refractivity contribution is 7.15. The SMILES string of the molecule is CC(C)CC(=O)Nc1nnc(Cc2ccc(Cl)cc2)s1. The van der Waals surface area contributed by atoms with Crippen LogP contribution >= 0.6 is 22.9 Å². The van der Waals surface area contributed by atoms with Gasteiger partial charge in [0.2, 0.25) is 11.0 Å². The normalized spacial score (nSPS) is 10.8. The topological polar surface area (TPSA) is 54.9 Å². The van der Waals surface area contributed by atoms with E-state index in [9.17, 15) is 4.79 Å². The molecule has 0 bridgehead atoms. The van der Waals surface area contributed by atoms with E-state index in [4.69, 9.17) is 11.6 Å². The smallest absolute Gasteiger partial charge is 0.226 e. The van der Waals surface area contributed by atoms with E-state index in [1.54, 1.807) is 0 Å². The first-order valence-corrected chi connectivity index (χ1v) is 7.59. The summed E-state index contributed by atoms with van der Waals surface area (Å²) in [6, 6.07) is 7.62. The zero-order chi connectivity index (χ0) is 14.5. The lowest BCUT2D eigenvalue weighted by atomic mass is 10.1. The molecule has 0 aliphatic heterocycles. The standard InChI is InChI=1S/C14H16ClN3OS/c1-9(2)7-12(19)16-14-18-17-13(20-14)8-10-3-5-11(15)6-4-10/h3-6,9H,7-8H2,1-2H3,(H,16,18,19). The Morgan fingerprint density at radius 3 is 2.65 bits per heavy atom. The number of halogens is 1. The summed E-state index contributed by atoms with van der Waals surface area (Å²) in [5, 5.41) is 13.0. The molecule has 0 aliphatic rings. The van der Waals surface area contributed by atoms with Crippen molar-refractivity contribution in [2.45, 2.75) is 26.7 Å². The van der Waals surface area contributed by atoms with Crippen molar-refractivity contribution in [2.75, 3.05) is 5.32 Å². The second-order valence-corrected chi connectivity index (χ2v) is 6.45. The van der Waals surface area contributed by atoms with E-state index in [1.807, 2.05) is 38.1 Å². The first-order chi connectivity index (χ1) is 9.52. The van der Waals surface area contributed by atoms with Crippen molar-refractivity contribution in [1.82, 2.24) is 10.2 Å². The van der Waals surface area contributed by atoms with Crippen molar-refractivity contribution in [3.8, 4) is 0 Å². The molecule has 2 rings (SSSR count). The number of aromatic nitrogens is 2. The number of carbonyl (C=O) groups excluding carboxylic acids is 1. The molecular formula is C14H16ClN3OS. The number of hydrogen-bond acceptors (Lipinski definition) is 4. The molecule has 20 heavy (non-hydrogen) atoms. The molecular weight excluding hydrogens is 294 g/mol. The molecule has 1 aromatic carbocycles. The van der Waals surface area contributed by atoms with E-state index in [0.717, 1.165) is 10.6 Å². The van der Waals surface area contributed by atoms with Crippen LogP contribution in [0.2, 0.25) is 5.02 Å². The molecule has 0 saturated heterocycles. The van der Waals surface area contributed by atoms with E-state index in [0.29, 0.717) is 28.9 Å². The Hall–Kier alpha value is -1.46. The second kappa shape index (κ2) is 6.81. The van der Waals surface area contributed by atoms with Crippen LogP contribution in [0.15, 0.2) is 24.3 Å². The predicted octanol–water partition coefficient (Wildman–Crippen LogP) is 3.77. The van der Waals surface area contributed by atoms with Crippen LogP contribution in [0.1, 0.15) is 30.8 Å². The Balaban J connectivity index is 1.95. The van der Waals surface area contributed by atoms with Crippen molar-refractivity contribution in [2.24, 2.45) is 5.92 Å². The molecule has 1 heterocycles. The minimum Gasteiger partial charge on any atom is -0.301 e. The maximum Gasteiger partial charge on any atom is 0.226 e. The quantitative estimate of drug-likeness (QED) is 0.914. The maximum atomic E-state index is 11.6. The summed E-state index contributed by atoms with van der Waals surface area (Å²) >= 11 is 7.24. The van der Waals surface area contributed by atoms with Gasteiger partial charge in [-0.15, -0.1) is 10.2 Å². The Bertz CT molecular complexity index is 580. The Morgan fingerprint density at radius 1 is 1.30 bits per heavy atom. The van der Waals surface area contributed by atoms with Gasteiger partial charge in [-0.05, 0) is 23.6 Å². The molecule has 106 valence electrons. The molecule has 1 amide bonds. The highest BCUT2D eigenvalue weighted by Gasteiger charge is 2.10. The fourth-order valence-corrected chi connectivity index (χ4v) is 2.61. The second-order valence-electron chi connectivity index (χ2n) is 4.95. The van der Waals surface area contributed by atoms with Crippen LogP contribution in [0.25, 0.3) is 0 Å². The molecule has 2 aromatic rings. The lowest BCUT2D eigenvalue weighted by Crippen LogP contribution is -2.13. The molecule has 0 fully saturated rings. The minimum atomic E-state index is -0.0193. The number of nitrogens with zero attached hydrogens (tertiary/aromatic N) is 2. The highest BCUT2D eigenvalue weighted by atomic mass is 35.5. The predicted molar refractivity (Wildman–Crippen MR) is 82.3 cm³/mol. The van der Waals surface area contributed by atoms with E-state index in [2.05, 4.69) is 15.5 Å². The molecule has 6 heteroatoms. The average Bonchev–Trinajstić information content (AvgIpc) is 2.78. The number of carbonyl (C=O) groups is 1. The van der Waals surface area contributed by atoms with Gasteiger partial charge in [-0.3, -0.25) is 4.79 Å². The molecule has 4 nitrogen and oxygen atoms in total. The number of hydrogen-bond donors (Lipinski definition) is 1. The van der Waals surface area contributed by atoms with Crippen LogP contribution in [-0.4, -0.2) is 16.1 Å². The molecule has 1 N–H and O–H groups in total. The van der Waals surface area contributed by atoms with Crippen LogP contribution in [0.4, 0.5) is 5.13 Å². The molecule has 0 radical (unpaired) electrons. The third-order valence-electron chi connectivity index (χ3n) is 2.58. The van der Waals surface area contributed by atoms with E-state index in [1.165, 1.54) is 11.3 Å². The summed E-state index contributed by atoms with van der Waals surface area (Å²) in [6.45, 7) is 4.01. The zero-order valence-corrected chi connectivity index (χ0v) is 13.0. The van der Waals surface area contributed by atoms with Crippen molar-refractivity contribution >= 4 is 34.0 Å². The van der Waals surface area contributed by atoms with E-state index >= 15 is 0 Å². The zero-order valence-electron chi connectivity index (χ0n) is 11.4. The summed E-state index contributed by atoms with van der Waals surface area (Å²) in [5.74, 6) is 0.311. The van der Waals surface area contributed by atoms with Crippen molar-refractivity contribution in [3.05, 3.63) is 39.9 Å². The Morgan fingerprint density at radius 2 is 2.00 bits per heavy atom. The van der Waals surface area contributed by atoms with Gasteiger partial charge in [0, 0.05) is 17.9 Å². The molecule has 0 aliphatic carbocycles. The van der Waals surface area contributed by atoms with E-state index < -0.39 is 0 Å². The highest BCUT2D eigenvalue weighted by Crippen LogP contribution is 2.20. The van der Waals surface area contributed by atoms with Gasteiger partial charge >= 0.3 is 0 Å². The molecule has 1 aromatic heterocycles.